The standard InChI is InChI=1S/C79H147N2O7P/c1-7-10-13-16-19-22-25-28-30-32-34-36-38-39-40-41-43-45-47-49-51-54-57-60-63-66-69-72-79(83)88-77(70-67-64-61-58-55-52-27-24-21-18-15-12-9-3)76(75-87-89(84,85)86-74-73-81(4,5)6)80-78(82)71-68-65-62-59-56-53-50-48-46-44-42-37-35-33-31-29-26-23-20-17-14-11-8-2/h10,13,19,22,28,30,34,36,39-40,67,70,76-77H,7-9,11-12,14-18,20-21,23-27,29,31-33,35,37-38,41-66,68-69,71-75H2,1-6H3,(H-,80,82,84,85)/b13-10-,22-19-,30-28-,36-34-,40-39-,70-67+. The number of phosphoric acid groups is 1. The van der Waals surface area contributed by atoms with E-state index < -0.39 is 20.0 Å². The number of likely N-dealkylation sites (N-methyl/N-ethyl adjacent to an activating group) is 1. The number of rotatable bonds is 70. The average molecular weight is 1270 g/mol. The summed E-state index contributed by atoms with van der Waals surface area (Å²) >= 11 is 0. The number of unbranched alkanes of at least 4 members (excludes halogenated alkanes) is 44. The van der Waals surface area contributed by atoms with Crippen molar-refractivity contribution in [3.63, 3.8) is 0 Å². The lowest BCUT2D eigenvalue weighted by Gasteiger charge is -2.30. The average Bonchev–Trinajstić information content (AvgIpc) is 3.63. The van der Waals surface area contributed by atoms with Crippen molar-refractivity contribution in [2.24, 2.45) is 0 Å². The zero-order valence-electron chi connectivity index (χ0n) is 59.6. The zero-order chi connectivity index (χ0) is 64.9. The zero-order valence-corrected chi connectivity index (χ0v) is 60.5. The lowest BCUT2D eigenvalue weighted by Crippen LogP contribution is -2.47. The number of amides is 1. The van der Waals surface area contributed by atoms with Crippen LogP contribution in [0.4, 0.5) is 0 Å². The molecule has 0 fully saturated rings. The lowest BCUT2D eigenvalue weighted by atomic mass is 10.0. The number of ether oxygens (including phenoxy) is 1. The second-order valence-electron chi connectivity index (χ2n) is 27.1. The van der Waals surface area contributed by atoms with Gasteiger partial charge in [0.15, 0.2) is 0 Å². The highest BCUT2D eigenvalue weighted by Crippen LogP contribution is 2.38. The molecule has 0 spiro atoms. The third-order valence-electron chi connectivity index (χ3n) is 17.2. The highest BCUT2D eigenvalue weighted by molar-refractivity contribution is 7.45. The van der Waals surface area contributed by atoms with Crippen molar-refractivity contribution in [2.45, 2.75) is 380 Å². The molecule has 1 N–H and O–H groups in total. The summed E-state index contributed by atoms with van der Waals surface area (Å²) < 4.78 is 30.5. The Morgan fingerprint density at radius 2 is 0.719 bits per heavy atom. The van der Waals surface area contributed by atoms with E-state index in [1.54, 1.807) is 0 Å². The number of nitrogens with zero attached hydrogens (tertiary/aromatic N) is 1. The molecule has 0 bridgehead atoms. The summed E-state index contributed by atoms with van der Waals surface area (Å²) in [6.07, 6.45) is 90.3. The van der Waals surface area contributed by atoms with Crippen LogP contribution >= 0.6 is 7.82 Å². The van der Waals surface area contributed by atoms with Gasteiger partial charge in [0.25, 0.3) is 7.82 Å². The number of carbonyl (C=O) groups is 2. The van der Waals surface area contributed by atoms with E-state index >= 15 is 0 Å². The normalized spacial score (nSPS) is 13.8. The predicted molar refractivity (Wildman–Crippen MR) is 385 cm³/mol. The number of allylic oxidation sites excluding steroid dienone is 11. The van der Waals surface area contributed by atoms with Crippen LogP contribution in [0, 0.1) is 0 Å². The van der Waals surface area contributed by atoms with Gasteiger partial charge in [0.1, 0.15) is 19.3 Å². The van der Waals surface area contributed by atoms with E-state index in [1.165, 1.54) is 244 Å². The molecule has 0 saturated carbocycles. The molecule has 0 radical (unpaired) electrons. The van der Waals surface area contributed by atoms with Crippen molar-refractivity contribution < 1.29 is 37.3 Å². The maximum absolute atomic E-state index is 13.6. The van der Waals surface area contributed by atoms with E-state index in [0.717, 1.165) is 89.9 Å². The van der Waals surface area contributed by atoms with Crippen LogP contribution in [-0.4, -0.2) is 69.4 Å². The van der Waals surface area contributed by atoms with Crippen molar-refractivity contribution in [3.8, 4) is 0 Å². The van der Waals surface area contributed by atoms with E-state index in [2.05, 4.69) is 86.8 Å². The van der Waals surface area contributed by atoms with Crippen molar-refractivity contribution in [1.29, 1.82) is 0 Å². The van der Waals surface area contributed by atoms with Crippen molar-refractivity contribution >= 4 is 19.7 Å². The van der Waals surface area contributed by atoms with Gasteiger partial charge in [0.05, 0.1) is 33.8 Å². The quantitative estimate of drug-likeness (QED) is 0.0212. The molecule has 3 unspecified atom stereocenters. The van der Waals surface area contributed by atoms with Crippen molar-refractivity contribution in [3.05, 3.63) is 72.9 Å². The first-order valence-electron chi connectivity index (χ1n) is 38.2. The number of quaternary nitrogens is 1. The topological polar surface area (TPSA) is 114 Å². The second kappa shape index (κ2) is 68.3. The molecule has 3 atom stereocenters. The van der Waals surface area contributed by atoms with Crippen LogP contribution in [0.2, 0.25) is 0 Å². The van der Waals surface area contributed by atoms with Gasteiger partial charge in [-0.15, -0.1) is 0 Å². The molecule has 0 saturated heterocycles. The molecule has 10 heteroatoms. The van der Waals surface area contributed by atoms with Crippen LogP contribution in [0.1, 0.15) is 367 Å². The summed E-state index contributed by atoms with van der Waals surface area (Å²) in [5.41, 5.74) is 0. The molecular formula is C79H147N2O7P. The molecule has 0 aliphatic rings. The number of phosphoric ester groups is 1. The number of nitrogens with one attached hydrogen (secondary N) is 1. The van der Waals surface area contributed by atoms with Crippen molar-refractivity contribution in [2.75, 3.05) is 40.9 Å². The third kappa shape index (κ3) is 69.6. The summed E-state index contributed by atoms with van der Waals surface area (Å²) in [4.78, 5) is 40.3. The van der Waals surface area contributed by atoms with Crippen LogP contribution in [0.25, 0.3) is 0 Å². The SMILES string of the molecule is CC/C=C\C/C=C\C/C=C\C/C=C\C/C=C\CCCCCCCCCCCCCC(=O)OC(/C=C/CCCCCCCCCCCCC)C(COP(=O)([O-])OCC[N+](C)(C)C)NC(=O)CCCCCCCCCCCCCCCCCCCCCCCCC. The molecule has 0 aromatic heterocycles. The molecule has 89 heavy (non-hydrogen) atoms. The minimum absolute atomic E-state index is 0.0222. The number of hydrogen-bond donors (Lipinski definition) is 1. The van der Waals surface area contributed by atoms with Gasteiger partial charge in [-0.05, 0) is 76.7 Å². The summed E-state index contributed by atoms with van der Waals surface area (Å²) in [5.74, 6) is -0.528. The molecule has 1 amide bonds. The third-order valence-corrected chi connectivity index (χ3v) is 18.1. The molecule has 520 valence electrons. The Balaban J connectivity index is 5.01. The Labute approximate surface area is 553 Å². The molecule has 9 nitrogen and oxygen atoms in total. The van der Waals surface area contributed by atoms with Crippen LogP contribution in [0.3, 0.4) is 0 Å². The van der Waals surface area contributed by atoms with E-state index in [9.17, 15) is 19.0 Å². The fourth-order valence-electron chi connectivity index (χ4n) is 11.3. The Kier molecular flexibility index (Phi) is 66.4. The molecule has 0 aliphatic carbocycles. The first-order valence-corrected chi connectivity index (χ1v) is 39.7. The van der Waals surface area contributed by atoms with Crippen LogP contribution in [0.15, 0.2) is 72.9 Å². The highest BCUT2D eigenvalue weighted by Gasteiger charge is 2.27. The van der Waals surface area contributed by atoms with Gasteiger partial charge in [0.2, 0.25) is 5.91 Å². The Hall–Kier alpha value is -2.55. The van der Waals surface area contributed by atoms with Gasteiger partial charge < -0.3 is 28.5 Å². The first kappa shape index (κ1) is 86.5. The molecule has 0 heterocycles. The summed E-state index contributed by atoms with van der Waals surface area (Å²) in [6.45, 7) is 6.79. The lowest BCUT2D eigenvalue weighted by molar-refractivity contribution is -0.870. The summed E-state index contributed by atoms with van der Waals surface area (Å²) in [7, 11) is 1.20. The minimum Gasteiger partial charge on any atom is -0.756 e. The minimum atomic E-state index is -4.71. The largest absolute Gasteiger partial charge is 0.756 e. The number of hydrogen-bond acceptors (Lipinski definition) is 7. The number of esters is 1. The predicted octanol–water partition coefficient (Wildman–Crippen LogP) is 24.1. The Bertz CT molecular complexity index is 1750. The molecular weight excluding hydrogens is 1120 g/mol. The van der Waals surface area contributed by atoms with E-state index in [0.29, 0.717) is 17.4 Å². The molecule has 0 aromatic rings. The van der Waals surface area contributed by atoms with Crippen LogP contribution in [0.5, 0.6) is 0 Å². The van der Waals surface area contributed by atoms with E-state index in [1.807, 2.05) is 33.3 Å². The van der Waals surface area contributed by atoms with Gasteiger partial charge in [-0.3, -0.25) is 14.2 Å². The Morgan fingerprint density at radius 3 is 1.08 bits per heavy atom. The molecule has 0 rings (SSSR count). The molecule has 0 aromatic carbocycles. The monoisotopic (exact) mass is 1270 g/mol. The van der Waals surface area contributed by atoms with Crippen molar-refractivity contribution in [1.82, 2.24) is 5.32 Å². The fraction of sp³-hybridized carbons (Fsp3) is 0.823. The van der Waals surface area contributed by atoms with Crippen LogP contribution < -0.4 is 10.2 Å². The van der Waals surface area contributed by atoms with E-state index in [-0.39, 0.29) is 31.5 Å². The maximum Gasteiger partial charge on any atom is 0.306 e. The van der Waals surface area contributed by atoms with Gasteiger partial charge in [0, 0.05) is 12.8 Å². The Morgan fingerprint density at radius 1 is 0.404 bits per heavy atom. The maximum atomic E-state index is 13.6. The van der Waals surface area contributed by atoms with Gasteiger partial charge in [-0.25, -0.2) is 0 Å². The first-order chi connectivity index (χ1) is 43.4. The van der Waals surface area contributed by atoms with Gasteiger partial charge in [-0.1, -0.05) is 351 Å². The summed E-state index contributed by atoms with van der Waals surface area (Å²) in [6, 6.07) is -0.891. The van der Waals surface area contributed by atoms with E-state index in [4.69, 9.17) is 13.8 Å². The molecule has 0 aliphatic heterocycles. The highest BCUT2D eigenvalue weighted by atomic mass is 31.2. The summed E-state index contributed by atoms with van der Waals surface area (Å²) in [5, 5.41) is 3.06. The van der Waals surface area contributed by atoms with Crippen LogP contribution in [-0.2, 0) is 27.9 Å². The fourth-order valence-corrected chi connectivity index (χ4v) is 12.0. The van der Waals surface area contributed by atoms with Gasteiger partial charge >= 0.3 is 5.97 Å². The van der Waals surface area contributed by atoms with Gasteiger partial charge in [-0.2, -0.15) is 0 Å². The smallest absolute Gasteiger partial charge is 0.306 e. The number of carbonyl (C=O) groups excluding carboxylic acids is 2. The second-order valence-corrected chi connectivity index (χ2v) is 28.5.